The molecule has 4 nitrogen and oxygen atoms in total. The maximum Gasteiger partial charge on any atom is 0.236 e. The van der Waals surface area contributed by atoms with E-state index in [1.165, 1.54) is 25.7 Å². The molecule has 0 aromatic carbocycles. The van der Waals surface area contributed by atoms with Gasteiger partial charge in [-0.1, -0.05) is 12.8 Å². The fourth-order valence-electron chi connectivity index (χ4n) is 2.76. The number of hydrogen-bond acceptors (Lipinski definition) is 3. The quantitative estimate of drug-likeness (QED) is 0.740. The fraction of sp³-hybridized carbons (Fsp3) is 0.933. The van der Waals surface area contributed by atoms with E-state index < -0.39 is 0 Å². The Morgan fingerprint density at radius 1 is 1.32 bits per heavy atom. The largest absolute Gasteiger partial charge is 0.342 e. The van der Waals surface area contributed by atoms with E-state index in [0.29, 0.717) is 18.6 Å². The van der Waals surface area contributed by atoms with E-state index in [9.17, 15) is 4.79 Å². The number of amides is 1. The summed E-state index contributed by atoms with van der Waals surface area (Å²) in [4.78, 5) is 13.8. The number of rotatable bonds is 7. The molecule has 1 saturated heterocycles. The molecule has 4 heteroatoms. The molecule has 0 aromatic rings. The smallest absolute Gasteiger partial charge is 0.236 e. The first-order valence-corrected chi connectivity index (χ1v) is 7.91. The summed E-state index contributed by atoms with van der Waals surface area (Å²) in [6, 6.07) is 1.02. The molecule has 1 aliphatic rings. The average Bonchev–Trinajstić information content (AvgIpc) is 2.66. The van der Waals surface area contributed by atoms with Gasteiger partial charge in [-0.25, -0.2) is 0 Å². The van der Waals surface area contributed by atoms with Crippen molar-refractivity contribution in [1.82, 2.24) is 15.5 Å². The summed E-state index contributed by atoms with van der Waals surface area (Å²) < 4.78 is 0. The third-order valence-electron chi connectivity index (χ3n) is 4.02. The van der Waals surface area contributed by atoms with Crippen LogP contribution in [0.2, 0.25) is 0 Å². The summed E-state index contributed by atoms with van der Waals surface area (Å²) in [6.07, 6.45) is 6.38. The van der Waals surface area contributed by atoms with Crippen molar-refractivity contribution in [3.8, 4) is 0 Å². The lowest BCUT2D eigenvalue weighted by Gasteiger charge is -2.23. The van der Waals surface area contributed by atoms with Gasteiger partial charge in [-0.05, 0) is 46.6 Å². The lowest BCUT2D eigenvalue weighted by molar-refractivity contribution is -0.130. The molecular weight excluding hydrogens is 238 g/mol. The highest BCUT2D eigenvalue weighted by Crippen LogP contribution is 2.12. The monoisotopic (exact) mass is 269 g/mol. The Morgan fingerprint density at radius 2 is 2.05 bits per heavy atom. The summed E-state index contributed by atoms with van der Waals surface area (Å²) >= 11 is 0. The van der Waals surface area contributed by atoms with Gasteiger partial charge in [0, 0.05) is 25.2 Å². The van der Waals surface area contributed by atoms with Crippen LogP contribution >= 0.6 is 0 Å². The van der Waals surface area contributed by atoms with Crippen molar-refractivity contribution >= 4 is 5.91 Å². The van der Waals surface area contributed by atoms with Crippen LogP contribution in [0.4, 0.5) is 0 Å². The molecule has 2 atom stereocenters. The van der Waals surface area contributed by atoms with Crippen molar-refractivity contribution in [2.45, 2.75) is 65.0 Å². The third-order valence-corrected chi connectivity index (χ3v) is 4.02. The van der Waals surface area contributed by atoms with Crippen molar-refractivity contribution in [3.05, 3.63) is 0 Å². The standard InChI is InChI=1S/C15H31N3O/c1-4-18(5-2)15(19)12-17-13(3)11-14-9-7-6-8-10-16-14/h13-14,16-17H,4-12H2,1-3H3. The Morgan fingerprint density at radius 3 is 2.74 bits per heavy atom. The second-order valence-corrected chi connectivity index (χ2v) is 5.58. The topological polar surface area (TPSA) is 44.4 Å². The first-order valence-electron chi connectivity index (χ1n) is 7.91. The van der Waals surface area contributed by atoms with Gasteiger partial charge in [0.1, 0.15) is 0 Å². The molecule has 0 saturated carbocycles. The Kier molecular flexibility index (Phi) is 8.07. The van der Waals surface area contributed by atoms with Crippen LogP contribution in [0.15, 0.2) is 0 Å². The zero-order valence-electron chi connectivity index (χ0n) is 12.9. The zero-order valence-corrected chi connectivity index (χ0v) is 12.9. The van der Waals surface area contributed by atoms with E-state index in [1.54, 1.807) is 0 Å². The van der Waals surface area contributed by atoms with Crippen molar-refractivity contribution in [1.29, 1.82) is 0 Å². The molecule has 112 valence electrons. The Bertz CT molecular complexity index is 246. The van der Waals surface area contributed by atoms with Crippen LogP contribution in [0.1, 0.15) is 52.9 Å². The van der Waals surface area contributed by atoms with E-state index in [2.05, 4.69) is 17.6 Å². The van der Waals surface area contributed by atoms with Crippen LogP contribution < -0.4 is 10.6 Å². The minimum absolute atomic E-state index is 0.214. The Balaban J connectivity index is 2.22. The SMILES string of the molecule is CCN(CC)C(=O)CNC(C)CC1CCCCCN1. The van der Waals surface area contributed by atoms with Gasteiger partial charge in [0.15, 0.2) is 0 Å². The van der Waals surface area contributed by atoms with Crippen LogP contribution in [-0.2, 0) is 4.79 Å². The molecule has 19 heavy (non-hydrogen) atoms. The minimum atomic E-state index is 0.214. The van der Waals surface area contributed by atoms with Crippen LogP contribution in [0.5, 0.6) is 0 Å². The molecule has 2 N–H and O–H groups in total. The van der Waals surface area contributed by atoms with Crippen molar-refractivity contribution in [3.63, 3.8) is 0 Å². The summed E-state index contributed by atoms with van der Waals surface area (Å²) in [5.41, 5.74) is 0. The van der Waals surface area contributed by atoms with Gasteiger partial charge >= 0.3 is 0 Å². The molecule has 1 aliphatic heterocycles. The average molecular weight is 269 g/mol. The van der Waals surface area contributed by atoms with E-state index in [1.807, 2.05) is 18.7 Å². The van der Waals surface area contributed by atoms with Crippen LogP contribution in [0, 0.1) is 0 Å². The molecule has 0 bridgehead atoms. The van der Waals surface area contributed by atoms with Crippen LogP contribution in [0.3, 0.4) is 0 Å². The highest BCUT2D eigenvalue weighted by Gasteiger charge is 2.16. The van der Waals surface area contributed by atoms with Gasteiger partial charge in [0.2, 0.25) is 5.91 Å². The fourth-order valence-corrected chi connectivity index (χ4v) is 2.76. The summed E-state index contributed by atoms with van der Waals surface area (Å²) in [5.74, 6) is 0.214. The van der Waals surface area contributed by atoms with Gasteiger partial charge in [-0.15, -0.1) is 0 Å². The van der Waals surface area contributed by atoms with Gasteiger partial charge in [0.05, 0.1) is 6.54 Å². The zero-order chi connectivity index (χ0) is 14.1. The summed E-state index contributed by atoms with van der Waals surface area (Å²) in [7, 11) is 0. The van der Waals surface area contributed by atoms with E-state index >= 15 is 0 Å². The molecular formula is C15H31N3O. The number of nitrogens with zero attached hydrogens (tertiary/aromatic N) is 1. The maximum absolute atomic E-state index is 11.9. The van der Waals surface area contributed by atoms with Crippen molar-refractivity contribution in [2.75, 3.05) is 26.2 Å². The predicted octanol–water partition coefficient (Wildman–Crippen LogP) is 1.76. The number of likely N-dealkylation sites (N-methyl/N-ethyl adjacent to an activating group) is 1. The molecule has 1 amide bonds. The molecule has 0 radical (unpaired) electrons. The normalized spacial score (nSPS) is 21.7. The first kappa shape index (κ1) is 16.4. The third kappa shape index (κ3) is 6.39. The molecule has 1 rings (SSSR count). The highest BCUT2D eigenvalue weighted by atomic mass is 16.2. The second kappa shape index (κ2) is 9.32. The van der Waals surface area contributed by atoms with E-state index in [4.69, 9.17) is 0 Å². The minimum Gasteiger partial charge on any atom is -0.342 e. The highest BCUT2D eigenvalue weighted by molar-refractivity contribution is 5.78. The summed E-state index contributed by atoms with van der Waals surface area (Å²) in [5, 5.41) is 6.98. The van der Waals surface area contributed by atoms with Gasteiger partial charge < -0.3 is 15.5 Å². The Labute approximate surface area is 118 Å². The van der Waals surface area contributed by atoms with Crippen molar-refractivity contribution in [2.24, 2.45) is 0 Å². The molecule has 0 aromatic heterocycles. The number of carbonyl (C=O) groups excluding carboxylic acids is 1. The molecule has 0 aliphatic carbocycles. The maximum atomic E-state index is 11.9. The molecule has 0 spiro atoms. The number of carbonyl (C=O) groups is 1. The number of nitrogens with one attached hydrogen (secondary N) is 2. The Hall–Kier alpha value is -0.610. The summed E-state index contributed by atoms with van der Waals surface area (Å²) in [6.45, 7) is 9.46. The lowest BCUT2D eigenvalue weighted by Crippen LogP contribution is -2.43. The van der Waals surface area contributed by atoms with Crippen molar-refractivity contribution < 1.29 is 4.79 Å². The first-order chi connectivity index (χ1) is 9.17. The van der Waals surface area contributed by atoms with Crippen LogP contribution in [-0.4, -0.2) is 49.1 Å². The van der Waals surface area contributed by atoms with Gasteiger partial charge in [0.25, 0.3) is 0 Å². The van der Waals surface area contributed by atoms with E-state index in [-0.39, 0.29) is 5.91 Å². The number of hydrogen-bond donors (Lipinski definition) is 2. The second-order valence-electron chi connectivity index (χ2n) is 5.58. The molecule has 1 heterocycles. The van der Waals surface area contributed by atoms with E-state index in [0.717, 1.165) is 26.1 Å². The predicted molar refractivity (Wildman–Crippen MR) is 80.3 cm³/mol. The van der Waals surface area contributed by atoms with Crippen LogP contribution in [0.25, 0.3) is 0 Å². The van der Waals surface area contributed by atoms with Gasteiger partial charge in [-0.3, -0.25) is 4.79 Å². The molecule has 1 fully saturated rings. The molecule has 2 unspecified atom stereocenters. The lowest BCUT2D eigenvalue weighted by atomic mass is 10.0. The van der Waals surface area contributed by atoms with Gasteiger partial charge in [-0.2, -0.15) is 0 Å².